The summed E-state index contributed by atoms with van der Waals surface area (Å²) in [5.74, 6) is 2.07. The maximum Gasteiger partial charge on any atom is 0.340 e. The lowest BCUT2D eigenvalue weighted by Crippen LogP contribution is -2.36. The van der Waals surface area contributed by atoms with Crippen LogP contribution in [0.2, 0.25) is 0 Å². The van der Waals surface area contributed by atoms with Gasteiger partial charge in [0, 0.05) is 49.1 Å². The maximum atomic E-state index is 13.3. The number of hydrogen-bond acceptors (Lipinski definition) is 7. The summed E-state index contributed by atoms with van der Waals surface area (Å²) in [6.45, 7) is 16.7. The van der Waals surface area contributed by atoms with Crippen molar-refractivity contribution < 1.29 is 14.3 Å². The summed E-state index contributed by atoms with van der Waals surface area (Å²) in [6, 6.07) is 13.9. The minimum Gasteiger partial charge on any atom is -0.440 e. The second-order valence-corrected chi connectivity index (χ2v) is 11.6. The molecule has 41 heavy (non-hydrogen) atoms. The van der Waals surface area contributed by atoms with E-state index in [1.54, 1.807) is 0 Å². The molecular weight excluding hydrogens is 512 g/mol. The Bertz CT molecular complexity index is 1400. The van der Waals surface area contributed by atoms with Gasteiger partial charge in [0.25, 0.3) is 0 Å². The third kappa shape index (κ3) is 5.27. The van der Waals surface area contributed by atoms with E-state index in [4.69, 9.17) is 19.4 Å². The van der Waals surface area contributed by atoms with Gasteiger partial charge in [-0.15, -0.1) is 0 Å². The minimum absolute atomic E-state index is 0.341. The minimum atomic E-state index is -1.16. The van der Waals surface area contributed by atoms with Crippen molar-refractivity contribution in [1.82, 2.24) is 9.97 Å². The summed E-state index contributed by atoms with van der Waals surface area (Å²) in [5, 5.41) is 0. The normalized spacial score (nSPS) is 16.7. The van der Waals surface area contributed by atoms with Crippen molar-refractivity contribution in [3.8, 4) is 11.6 Å². The number of ether oxygens (including phenoxy) is 2. The van der Waals surface area contributed by atoms with Gasteiger partial charge in [-0.25, -0.2) is 9.78 Å². The third-order valence-electron chi connectivity index (χ3n) is 8.29. The molecule has 2 aliphatic heterocycles. The average molecular weight is 557 g/mol. The molecule has 0 fully saturated rings. The Kier molecular flexibility index (Phi) is 8.52. The Morgan fingerprint density at radius 1 is 0.902 bits per heavy atom. The fraction of sp³-hybridized carbons (Fsp3) is 0.500. The number of rotatable bonds is 12. The predicted octanol–water partition coefficient (Wildman–Crippen LogP) is 7.63. The van der Waals surface area contributed by atoms with Crippen molar-refractivity contribution in [2.75, 3.05) is 36.0 Å². The molecule has 0 bridgehead atoms. The number of aryl methyl sites for hydroxylation is 1. The standard InChI is InChI=1S/C34H44N4O3/c1-7-10-19-38(20-11-8-2)33-35-24(6)30-31(36-33)40-29-22-25(37(9-3)21-18-23(4)5)16-17-28(29)34(30)27-15-13-12-14-26(27)32(39)41-34/h12-17,22-23H,7-11,18-21H2,1-6H3. The molecule has 2 aliphatic rings. The van der Waals surface area contributed by atoms with Gasteiger partial charge in [-0.05, 0) is 57.2 Å². The fourth-order valence-electron chi connectivity index (χ4n) is 5.97. The van der Waals surface area contributed by atoms with Crippen molar-refractivity contribution in [3.05, 3.63) is 70.4 Å². The zero-order valence-electron chi connectivity index (χ0n) is 25.5. The van der Waals surface area contributed by atoms with Gasteiger partial charge in [0.05, 0.1) is 16.8 Å². The highest BCUT2D eigenvalue weighted by Crippen LogP contribution is 2.57. The molecule has 0 amide bonds. The van der Waals surface area contributed by atoms with Gasteiger partial charge in [-0.1, -0.05) is 58.7 Å². The summed E-state index contributed by atoms with van der Waals surface area (Å²) in [4.78, 5) is 28.0. The molecule has 0 N–H and O–H groups in total. The summed E-state index contributed by atoms with van der Waals surface area (Å²) < 4.78 is 13.1. The lowest BCUT2D eigenvalue weighted by molar-refractivity contribution is 0.0218. The Hall–Kier alpha value is -3.61. The van der Waals surface area contributed by atoms with Gasteiger partial charge in [0.15, 0.2) is 5.60 Å². The Morgan fingerprint density at radius 3 is 2.32 bits per heavy atom. The molecule has 0 radical (unpaired) electrons. The summed E-state index contributed by atoms with van der Waals surface area (Å²) in [7, 11) is 0. The van der Waals surface area contributed by atoms with Crippen LogP contribution < -0.4 is 14.5 Å². The molecule has 3 aromatic rings. The van der Waals surface area contributed by atoms with E-state index in [9.17, 15) is 4.79 Å². The molecule has 218 valence electrons. The van der Waals surface area contributed by atoms with Crippen LogP contribution in [0.4, 0.5) is 11.6 Å². The van der Waals surface area contributed by atoms with Crippen molar-refractivity contribution in [3.63, 3.8) is 0 Å². The van der Waals surface area contributed by atoms with Crippen LogP contribution in [0.15, 0.2) is 42.5 Å². The van der Waals surface area contributed by atoms with Gasteiger partial charge in [0.1, 0.15) is 5.75 Å². The number of aromatic nitrogens is 2. The molecule has 3 heterocycles. The fourth-order valence-corrected chi connectivity index (χ4v) is 5.97. The molecule has 0 saturated heterocycles. The van der Waals surface area contributed by atoms with Crippen molar-refractivity contribution in [2.45, 2.75) is 79.2 Å². The molecular formula is C34H44N4O3. The van der Waals surface area contributed by atoms with Crippen LogP contribution in [0, 0.1) is 12.8 Å². The summed E-state index contributed by atoms with van der Waals surface area (Å²) in [6.07, 6.45) is 5.42. The van der Waals surface area contributed by atoms with Crippen LogP contribution in [-0.4, -0.2) is 42.1 Å². The average Bonchev–Trinajstić information content (AvgIpc) is 3.25. The first-order chi connectivity index (χ1) is 19.8. The lowest BCUT2D eigenvalue weighted by Gasteiger charge is -2.37. The second-order valence-electron chi connectivity index (χ2n) is 11.6. The quantitative estimate of drug-likeness (QED) is 0.212. The number of carbonyl (C=O) groups is 1. The highest BCUT2D eigenvalue weighted by atomic mass is 16.6. The smallest absolute Gasteiger partial charge is 0.340 e. The van der Waals surface area contributed by atoms with Gasteiger partial charge < -0.3 is 19.3 Å². The lowest BCUT2D eigenvalue weighted by atomic mass is 9.77. The number of hydrogen-bond donors (Lipinski definition) is 0. The zero-order valence-corrected chi connectivity index (χ0v) is 25.5. The Balaban J connectivity index is 1.68. The number of anilines is 2. The molecule has 0 aliphatic carbocycles. The van der Waals surface area contributed by atoms with E-state index in [0.29, 0.717) is 34.6 Å². The zero-order chi connectivity index (χ0) is 29.1. The largest absolute Gasteiger partial charge is 0.440 e. The maximum absolute atomic E-state index is 13.3. The van der Waals surface area contributed by atoms with Gasteiger partial charge in [-0.3, -0.25) is 0 Å². The molecule has 1 atom stereocenters. The van der Waals surface area contributed by atoms with Crippen molar-refractivity contribution >= 4 is 17.6 Å². The molecule has 2 aromatic carbocycles. The molecule has 1 aromatic heterocycles. The van der Waals surface area contributed by atoms with E-state index in [2.05, 4.69) is 62.6 Å². The number of fused-ring (bicyclic) bond motifs is 6. The molecule has 7 nitrogen and oxygen atoms in total. The van der Waals surface area contributed by atoms with E-state index >= 15 is 0 Å². The highest BCUT2D eigenvalue weighted by Gasteiger charge is 2.55. The predicted molar refractivity (Wildman–Crippen MR) is 164 cm³/mol. The van der Waals surface area contributed by atoms with Crippen LogP contribution in [0.5, 0.6) is 11.6 Å². The van der Waals surface area contributed by atoms with Gasteiger partial charge >= 0.3 is 5.97 Å². The number of benzene rings is 2. The van der Waals surface area contributed by atoms with E-state index in [-0.39, 0.29) is 5.97 Å². The van der Waals surface area contributed by atoms with Crippen LogP contribution in [0.3, 0.4) is 0 Å². The second kappa shape index (κ2) is 12.1. The van der Waals surface area contributed by atoms with E-state index in [0.717, 1.165) is 80.8 Å². The molecule has 7 heteroatoms. The number of unbranched alkanes of at least 4 members (excludes halogenated alkanes) is 2. The van der Waals surface area contributed by atoms with Crippen LogP contribution in [0.25, 0.3) is 0 Å². The van der Waals surface area contributed by atoms with Crippen molar-refractivity contribution in [2.24, 2.45) is 5.92 Å². The monoisotopic (exact) mass is 556 g/mol. The van der Waals surface area contributed by atoms with Gasteiger partial charge in [0.2, 0.25) is 11.8 Å². The number of nitrogens with zero attached hydrogens (tertiary/aromatic N) is 4. The number of esters is 1. The van der Waals surface area contributed by atoms with E-state index < -0.39 is 5.60 Å². The Labute approximate surface area is 244 Å². The van der Waals surface area contributed by atoms with Crippen molar-refractivity contribution in [1.29, 1.82) is 0 Å². The molecule has 1 unspecified atom stereocenters. The molecule has 1 spiro atoms. The SMILES string of the molecule is CCCCN(CCCC)c1nc(C)c2c(n1)Oc1cc(N(CC)CCC(C)C)ccc1C21OC(=O)c2ccccc21. The summed E-state index contributed by atoms with van der Waals surface area (Å²) in [5.41, 5.74) is 3.57. The van der Waals surface area contributed by atoms with E-state index in [1.165, 1.54) is 0 Å². The van der Waals surface area contributed by atoms with Crippen LogP contribution in [-0.2, 0) is 10.3 Å². The van der Waals surface area contributed by atoms with Crippen LogP contribution in [0.1, 0.15) is 99.5 Å². The topological polar surface area (TPSA) is 67.8 Å². The number of carbonyl (C=O) groups excluding carboxylic acids is 1. The third-order valence-corrected chi connectivity index (χ3v) is 8.29. The highest BCUT2D eigenvalue weighted by molar-refractivity contribution is 5.97. The summed E-state index contributed by atoms with van der Waals surface area (Å²) >= 11 is 0. The van der Waals surface area contributed by atoms with Crippen LogP contribution >= 0.6 is 0 Å². The first-order valence-corrected chi connectivity index (χ1v) is 15.4. The first kappa shape index (κ1) is 28.9. The Morgan fingerprint density at radius 2 is 1.63 bits per heavy atom. The first-order valence-electron chi connectivity index (χ1n) is 15.4. The van der Waals surface area contributed by atoms with Gasteiger partial charge in [-0.2, -0.15) is 4.98 Å². The molecule has 5 rings (SSSR count). The van der Waals surface area contributed by atoms with E-state index in [1.807, 2.05) is 31.2 Å². The molecule has 0 saturated carbocycles.